The van der Waals surface area contributed by atoms with Crippen LogP contribution in [-0.4, -0.2) is 12.1 Å². The van der Waals surface area contributed by atoms with E-state index in [2.05, 4.69) is 5.32 Å². The lowest BCUT2D eigenvalue weighted by Gasteiger charge is -2.15. The normalized spacial score (nSPS) is 13.1. The van der Waals surface area contributed by atoms with Crippen molar-refractivity contribution in [1.29, 1.82) is 0 Å². The molecular weight excluding hydrogens is 257 g/mol. The van der Waals surface area contributed by atoms with Gasteiger partial charge in [-0.2, -0.15) is 13.2 Å². The molecule has 3 N–H and O–H groups in total. The minimum absolute atomic E-state index is 0.326. The molecule has 0 heterocycles. The average Bonchev–Trinajstić information content (AvgIpc) is 2.35. The van der Waals surface area contributed by atoms with Crippen LogP contribution >= 0.6 is 0 Å². The lowest BCUT2D eigenvalue weighted by atomic mass is 10.1. The van der Waals surface area contributed by atoms with E-state index in [9.17, 15) is 18.0 Å². The molecule has 0 aliphatic carbocycles. The monoisotopic (exact) mass is 274 g/mol. The summed E-state index contributed by atoms with van der Waals surface area (Å²) in [4.78, 5) is 11.4. The van der Waals surface area contributed by atoms with Gasteiger partial charge in [-0.25, -0.2) is 0 Å². The third-order valence-electron chi connectivity index (χ3n) is 2.73. The molecule has 106 valence electrons. The number of hydrogen-bond donors (Lipinski definition) is 2. The topological polar surface area (TPSA) is 55.1 Å². The highest BCUT2D eigenvalue weighted by Gasteiger charge is 2.28. The SMILES string of the molecule is CC(NC(=O)CCC(F)(F)F)c1ccc(CN)cc1. The number of carbonyl (C=O) groups is 1. The summed E-state index contributed by atoms with van der Waals surface area (Å²) in [6.45, 7) is 2.15. The Balaban J connectivity index is 2.49. The van der Waals surface area contributed by atoms with Gasteiger partial charge in [-0.3, -0.25) is 4.79 Å². The highest BCUT2D eigenvalue weighted by molar-refractivity contribution is 5.76. The summed E-state index contributed by atoms with van der Waals surface area (Å²) in [5.41, 5.74) is 7.25. The molecule has 1 atom stereocenters. The van der Waals surface area contributed by atoms with Crippen LogP contribution in [0.1, 0.15) is 36.9 Å². The molecule has 1 rings (SSSR count). The molecule has 1 unspecified atom stereocenters. The second-order valence-corrected chi connectivity index (χ2v) is 4.35. The molecule has 0 saturated carbocycles. The summed E-state index contributed by atoms with van der Waals surface area (Å²) in [6.07, 6.45) is -5.95. The van der Waals surface area contributed by atoms with Gasteiger partial charge in [-0.1, -0.05) is 24.3 Å². The summed E-state index contributed by atoms with van der Waals surface area (Å²) in [5, 5.41) is 2.54. The first-order valence-electron chi connectivity index (χ1n) is 5.97. The van der Waals surface area contributed by atoms with Gasteiger partial charge in [0.05, 0.1) is 12.5 Å². The Hall–Kier alpha value is -1.56. The Kier molecular flexibility index (Phi) is 5.35. The Bertz CT molecular complexity index is 415. The van der Waals surface area contributed by atoms with Gasteiger partial charge in [0.15, 0.2) is 0 Å². The van der Waals surface area contributed by atoms with E-state index >= 15 is 0 Å². The predicted molar refractivity (Wildman–Crippen MR) is 66.2 cm³/mol. The van der Waals surface area contributed by atoms with Crippen LogP contribution in [0.4, 0.5) is 13.2 Å². The molecule has 6 heteroatoms. The zero-order valence-electron chi connectivity index (χ0n) is 10.6. The van der Waals surface area contributed by atoms with Crippen molar-refractivity contribution in [3.8, 4) is 0 Å². The first-order valence-corrected chi connectivity index (χ1v) is 5.97. The maximum atomic E-state index is 12.0. The van der Waals surface area contributed by atoms with Gasteiger partial charge in [-0.05, 0) is 18.1 Å². The van der Waals surface area contributed by atoms with E-state index < -0.39 is 24.9 Å². The highest BCUT2D eigenvalue weighted by atomic mass is 19.4. The predicted octanol–water partition coefficient (Wildman–Crippen LogP) is 2.67. The van der Waals surface area contributed by atoms with E-state index in [0.717, 1.165) is 11.1 Å². The first kappa shape index (κ1) is 15.5. The van der Waals surface area contributed by atoms with E-state index in [4.69, 9.17) is 5.73 Å². The van der Waals surface area contributed by atoms with Crippen molar-refractivity contribution in [2.75, 3.05) is 0 Å². The van der Waals surface area contributed by atoms with Gasteiger partial charge < -0.3 is 11.1 Å². The number of amides is 1. The summed E-state index contributed by atoms with van der Waals surface area (Å²) in [7, 11) is 0. The van der Waals surface area contributed by atoms with Crippen LogP contribution in [0.5, 0.6) is 0 Å². The Morgan fingerprint density at radius 1 is 1.32 bits per heavy atom. The van der Waals surface area contributed by atoms with Gasteiger partial charge in [0, 0.05) is 13.0 Å². The standard InChI is InChI=1S/C13H17F3N2O/c1-9(11-4-2-10(8-17)3-5-11)18-12(19)6-7-13(14,15)16/h2-5,9H,6-8,17H2,1H3,(H,18,19). The third kappa shape index (κ3) is 5.74. The van der Waals surface area contributed by atoms with E-state index in [1.165, 1.54) is 0 Å². The molecular formula is C13H17F3N2O. The van der Waals surface area contributed by atoms with Crippen LogP contribution in [-0.2, 0) is 11.3 Å². The van der Waals surface area contributed by atoms with Crippen molar-refractivity contribution in [1.82, 2.24) is 5.32 Å². The van der Waals surface area contributed by atoms with E-state index in [-0.39, 0.29) is 6.04 Å². The number of nitrogens with two attached hydrogens (primary N) is 1. The zero-order chi connectivity index (χ0) is 14.5. The van der Waals surface area contributed by atoms with Crippen molar-refractivity contribution in [2.24, 2.45) is 5.73 Å². The fourth-order valence-corrected chi connectivity index (χ4v) is 1.59. The summed E-state index contributed by atoms with van der Waals surface area (Å²) in [6, 6.07) is 6.93. The molecule has 0 aliphatic rings. The second-order valence-electron chi connectivity index (χ2n) is 4.35. The zero-order valence-corrected chi connectivity index (χ0v) is 10.6. The molecule has 0 aromatic heterocycles. The van der Waals surface area contributed by atoms with Crippen molar-refractivity contribution < 1.29 is 18.0 Å². The number of halogens is 3. The van der Waals surface area contributed by atoms with Crippen LogP contribution in [0, 0.1) is 0 Å². The van der Waals surface area contributed by atoms with Crippen LogP contribution in [0.25, 0.3) is 0 Å². The van der Waals surface area contributed by atoms with Gasteiger partial charge in [-0.15, -0.1) is 0 Å². The minimum atomic E-state index is -4.30. The lowest BCUT2D eigenvalue weighted by molar-refractivity contribution is -0.144. The summed E-state index contributed by atoms with van der Waals surface area (Å²) >= 11 is 0. The molecule has 0 radical (unpaired) electrons. The second kappa shape index (κ2) is 6.56. The number of rotatable bonds is 5. The molecule has 19 heavy (non-hydrogen) atoms. The van der Waals surface area contributed by atoms with Crippen molar-refractivity contribution in [3.05, 3.63) is 35.4 Å². The van der Waals surface area contributed by atoms with Gasteiger partial charge in [0.2, 0.25) is 5.91 Å². The molecule has 0 spiro atoms. The fraction of sp³-hybridized carbons (Fsp3) is 0.462. The minimum Gasteiger partial charge on any atom is -0.350 e. The quantitative estimate of drug-likeness (QED) is 0.867. The highest BCUT2D eigenvalue weighted by Crippen LogP contribution is 2.21. The van der Waals surface area contributed by atoms with Gasteiger partial charge in [0.25, 0.3) is 0 Å². The largest absolute Gasteiger partial charge is 0.389 e. The fourth-order valence-electron chi connectivity index (χ4n) is 1.59. The number of benzene rings is 1. The molecule has 0 aliphatic heterocycles. The average molecular weight is 274 g/mol. The summed E-state index contributed by atoms with van der Waals surface area (Å²) < 4.78 is 35.9. The van der Waals surface area contributed by atoms with Crippen LogP contribution in [0.15, 0.2) is 24.3 Å². The van der Waals surface area contributed by atoms with E-state index in [0.29, 0.717) is 6.54 Å². The molecule has 1 amide bonds. The molecule has 1 aromatic rings. The molecule has 0 saturated heterocycles. The number of carbonyl (C=O) groups excluding carboxylic acids is 1. The third-order valence-corrected chi connectivity index (χ3v) is 2.73. The maximum Gasteiger partial charge on any atom is 0.389 e. The number of hydrogen-bond acceptors (Lipinski definition) is 2. The smallest absolute Gasteiger partial charge is 0.350 e. The van der Waals surface area contributed by atoms with Crippen LogP contribution in [0.2, 0.25) is 0 Å². The Morgan fingerprint density at radius 2 is 1.89 bits per heavy atom. The molecule has 3 nitrogen and oxygen atoms in total. The van der Waals surface area contributed by atoms with Crippen LogP contribution in [0.3, 0.4) is 0 Å². The first-order chi connectivity index (χ1) is 8.81. The molecule has 1 aromatic carbocycles. The maximum absolute atomic E-state index is 12.0. The van der Waals surface area contributed by atoms with E-state index in [1.807, 2.05) is 12.1 Å². The molecule has 0 bridgehead atoms. The van der Waals surface area contributed by atoms with Crippen molar-refractivity contribution >= 4 is 5.91 Å². The number of alkyl halides is 3. The number of nitrogens with one attached hydrogen (secondary N) is 1. The van der Waals surface area contributed by atoms with Gasteiger partial charge >= 0.3 is 6.18 Å². The molecule has 0 fully saturated rings. The van der Waals surface area contributed by atoms with E-state index in [1.54, 1.807) is 19.1 Å². The lowest BCUT2D eigenvalue weighted by Crippen LogP contribution is -2.27. The Labute approximate surface area is 110 Å². The summed E-state index contributed by atoms with van der Waals surface area (Å²) in [5.74, 6) is -0.604. The van der Waals surface area contributed by atoms with Crippen molar-refractivity contribution in [2.45, 2.75) is 38.5 Å². The Morgan fingerprint density at radius 3 is 2.37 bits per heavy atom. The van der Waals surface area contributed by atoms with Crippen LogP contribution < -0.4 is 11.1 Å². The van der Waals surface area contributed by atoms with Crippen molar-refractivity contribution in [3.63, 3.8) is 0 Å². The van der Waals surface area contributed by atoms with Gasteiger partial charge in [0.1, 0.15) is 0 Å².